The molecule has 88 valence electrons. The number of rotatable bonds is 6. The van der Waals surface area contributed by atoms with Crippen molar-refractivity contribution in [1.29, 1.82) is 0 Å². The smallest absolute Gasteiger partial charge is 0.240 e. The van der Waals surface area contributed by atoms with Gasteiger partial charge in [-0.05, 0) is 25.6 Å². The Morgan fingerprint density at radius 1 is 1.60 bits per heavy atom. The Labute approximate surface area is 97.0 Å². The van der Waals surface area contributed by atoms with Crippen LogP contribution in [0.3, 0.4) is 0 Å². The average Bonchev–Trinajstić information content (AvgIpc) is 2.58. The molecule has 1 fully saturated rings. The Morgan fingerprint density at radius 2 is 2.33 bits per heavy atom. The standard InChI is InChI=1S/C11H22N2OS/c1-4-12-10-6-7-13(11(10)14)9(3)8-15-5-2/h9-10,12H,4-8H2,1-3H3. The number of nitrogens with one attached hydrogen (secondary N) is 1. The van der Waals surface area contributed by atoms with Gasteiger partial charge in [0.1, 0.15) is 0 Å². The molecule has 1 N–H and O–H groups in total. The fourth-order valence-electron chi connectivity index (χ4n) is 1.95. The molecule has 0 spiro atoms. The normalized spacial score (nSPS) is 23.5. The van der Waals surface area contributed by atoms with Crippen LogP contribution in [0.25, 0.3) is 0 Å². The lowest BCUT2D eigenvalue weighted by atomic mass is 10.2. The van der Waals surface area contributed by atoms with Crippen LogP contribution in [0.2, 0.25) is 0 Å². The molecule has 1 aliphatic heterocycles. The molecule has 0 bridgehead atoms. The van der Waals surface area contributed by atoms with Gasteiger partial charge in [-0.3, -0.25) is 4.79 Å². The fourth-order valence-corrected chi connectivity index (χ4v) is 2.71. The molecule has 1 saturated heterocycles. The molecule has 3 nitrogen and oxygen atoms in total. The monoisotopic (exact) mass is 230 g/mol. The van der Waals surface area contributed by atoms with Crippen LogP contribution in [-0.4, -0.2) is 47.5 Å². The predicted octanol–water partition coefficient (Wildman–Crippen LogP) is 1.34. The molecule has 0 radical (unpaired) electrons. The Morgan fingerprint density at radius 3 is 2.93 bits per heavy atom. The maximum Gasteiger partial charge on any atom is 0.240 e. The van der Waals surface area contributed by atoms with E-state index in [1.807, 2.05) is 23.6 Å². The van der Waals surface area contributed by atoms with Crippen molar-refractivity contribution >= 4 is 17.7 Å². The number of hydrogen-bond acceptors (Lipinski definition) is 3. The number of likely N-dealkylation sites (tertiary alicyclic amines) is 1. The van der Waals surface area contributed by atoms with Gasteiger partial charge >= 0.3 is 0 Å². The first-order valence-corrected chi connectivity index (χ1v) is 6.97. The third-order valence-electron chi connectivity index (χ3n) is 2.79. The fraction of sp³-hybridized carbons (Fsp3) is 0.909. The van der Waals surface area contributed by atoms with E-state index in [9.17, 15) is 4.79 Å². The van der Waals surface area contributed by atoms with E-state index >= 15 is 0 Å². The molecule has 1 aliphatic rings. The lowest BCUT2D eigenvalue weighted by Gasteiger charge is -2.24. The number of nitrogens with zero attached hydrogens (tertiary/aromatic N) is 1. The lowest BCUT2D eigenvalue weighted by Crippen LogP contribution is -2.42. The molecule has 0 aromatic rings. The van der Waals surface area contributed by atoms with Crippen molar-refractivity contribution in [3.8, 4) is 0 Å². The molecule has 2 unspecified atom stereocenters. The van der Waals surface area contributed by atoms with E-state index in [-0.39, 0.29) is 6.04 Å². The van der Waals surface area contributed by atoms with Crippen molar-refractivity contribution < 1.29 is 4.79 Å². The van der Waals surface area contributed by atoms with E-state index in [0.717, 1.165) is 31.0 Å². The molecule has 1 amide bonds. The van der Waals surface area contributed by atoms with Gasteiger partial charge in [0.2, 0.25) is 5.91 Å². The van der Waals surface area contributed by atoms with Crippen LogP contribution in [0.5, 0.6) is 0 Å². The first kappa shape index (κ1) is 12.8. The highest BCUT2D eigenvalue weighted by Crippen LogP contribution is 2.17. The second-order valence-corrected chi connectivity index (χ2v) is 5.26. The van der Waals surface area contributed by atoms with Crippen molar-refractivity contribution in [1.82, 2.24) is 10.2 Å². The minimum Gasteiger partial charge on any atom is -0.338 e. The summed E-state index contributed by atoms with van der Waals surface area (Å²) < 4.78 is 0. The zero-order valence-electron chi connectivity index (χ0n) is 9.95. The van der Waals surface area contributed by atoms with Crippen LogP contribution in [0.1, 0.15) is 27.2 Å². The largest absolute Gasteiger partial charge is 0.338 e. The van der Waals surface area contributed by atoms with E-state index in [0.29, 0.717) is 11.9 Å². The number of carbonyl (C=O) groups is 1. The van der Waals surface area contributed by atoms with Crippen molar-refractivity contribution in [2.24, 2.45) is 0 Å². The summed E-state index contributed by atoms with van der Waals surface area (Å²) in [5.74, 6) is 2.48. The Kier molecular flexibility index (Phi) is 5.47. The first-order chi connectivity index (χ1) is 7.20. The van der Waals surface area contributed by atoms with Crippen molar-refractivity contribution in [3.63, 3.8) is 0 Å². The zero-order valence-corrected chi connectivity index (χ0v) is 10.8. The minimum absolute atomic E-state index is 0.0732. The summed E-state index contributed by atoms with van der Waals surface area (Å²) >= 11 is 1.91. The van der Waals surface area contributed by atoms with Gasteiger partial charge in [-0.25, -0.2) is 0 Å². The number of likely N-dealkylation sites (N-methyl/N-ethyl adjacent to an activating group) is 1. The van der Waals surface area contributed by atoms with E-state index in [1.54, 1.807) is 0 Å². The third-order valence-corrected chi connectivity index (χ3v) is 3.91. The summed E-state index contributed by atoms with van der Waals surface area (Å²) in [5, 5.41) is 3.24. The molecular formula is C11H22N2OS. The molecular weight excluding hydrogens is 208 g/mol. The number of amides is 1. The molecule has 0 aromatic heterocycles. The van der Waals surface area contributed by atoms with Crippen LogP contribution < -0.4 is 5.32 Å². The second kappa shape index (κ2) is 6.38. The zero-order chi connectivity index (χ0) is 11.3. The maximum absolute atomic E-state index is 12.0. The summed E-state index contributed by atoms with van der Waals surface area (Å²) in [6.07, 6.45) is 0.966. The summed E-state index contributed by atoms with van der Waals surface area (Å²) in [5.41, 5.74) is 0. The van der Waals surface area contributed by atoms with Gasteiger partial charge in [0.15, 0.2) is 0 Å². The highest BCUT2D eigenvalue weighted by atomic mass is 32.2. The number of thioether (sulfide) groups is 1. The van der Waals surface area contributed by atoms with E-state index in [1.165, 1.54) is 0 Å². The molecule has 2 atom stereocenters. The van der Waals surface area contributed by atoms with Crippen LogP contribution in [0, 0.1) is 0 Å². The summed E-state index contributed by atoms with van der Waals surface area (Å²) in [6, 6.07) is 0.454. The molecule has 1 rings (SSSR count). The Bertz CT molecular complexity index is 211. The van der Waals surface area contributed by atoms with Gasteiger partial charge < -0.3 is 10.2 Å². The van der Waals surface area contributed by atoms with Crippen LogP contribution >= 0.6 is 11.8 Å². The first-order valence-electron chi connectivity index (χ1n) is 5.82. The topological polar surface area (TPSA) is 32.3 Å². The van der Waals surface area contributed by atoms with Gasteiger partial charge in [-0.15, -0.1) is 0 Å². The molecule has 0 aliphatic carbocycles. The SMILES string of the molecule is CCNC1CCN(C(C)CSCC)C1=O. The van der Waals surface area contributed by atoms with Gasteiger partial charge in [0, 0.05) is 18.3 Å². The van der Waals surface area contributed by atoms with Gasteiger partial charge in [-0.2, -0.15) is 11.8 Å². The average molecular weight is 230 g/mol. The van der Waals surface area contributed by atoms with Crippen molar-refractivity contribution in [2.75, 3.05) is 24.6 Å². The predicted molar refractivity (Wildman–Crippen MR) is 66.3 cm³/mol. The third kappa shape index (κ3) is 3.38. The van der Waals surface area contributed by atoms with Crippen LogP contribution in [0.4, 0.5) is 0 Å². The van der Waals surface area contributed by atoms with E-state index < -0.39 is 0 Å². The molecule has 0 saturated carbocycles. The molecule has 0 aromatic carbocycles. The second-order valence-electron chi connectivity index (χ2n) is 3.94. The number of hydrogen-bond donors (Lipinski definition) is 1. The quantitative estimate of drug-likeness (QED) is 0.747. The van der Waals surface area contributed by atoms with Gasteiger partial charge in [0.05, 0.1) is 6.04 Å². The van der Waals surface area contributed by atoms with Gasteiger partial charge in [0.25, 0.3) is 0 Å². The highest BCUT2D eigenvalue weighted by molar-refractivity contribution is 7.99. The maximum atomic E-state index is 12.0. The highest BCUT2D eigenvalue weighted by Gasteiger charge is 2.33. The minimum atomic E-state index is 0.0732. The van der Waals surface area contributed by atoms with E-state index in [4.69, 9.17) is 0 Å². The van der Waals surface area contributed by atoms with Crippen LogP contribution in [-0.2, 0) is 4.79 Å². The summed E-state index contributed by atoms with van der Waals surface area (Å²) in [7, 11) is 0. The number of carbonyl (C=O) groups excluding carboxylic acids is 1. The lowest BCUT2D eigenvalue weighted by molar-refractivity contribution is -0.130. The molecule has 4 heteroatoms. The van der Waals surface area contributed by atoms with Crippen LogP contribution in [0.15, 0.2) is 0 Å². The Hall–Kier alpha value is -0.220. The van der Waals surface area contributed by atoms with E-state index in [2.05, 4.69) is 19.2 Å². The summed E-state index contributed by atoms with van der Waals surface area (Å²) in [6.45, 7) is 8.15. The molecule has 1 heterocycles. The molecule has 15 heavy (non-hydrogen) atoms. The van der Waals surface area contributed by atoms with Crippen molar-refractivity contribution in [2.45, 2.75) is 39.3 Å². The Balaban J connectivity index is 2.40. The van der Waals surface area contributed by atoms with Crippen molar-refractivity contribution in [3.05, 3.63) is 0 Å². The summed E-state index contributed by atoms with van der Waals surface area (Å²) in [4.78, 5) is 14.0. The van der Waals surface area contributed by atoms with Gasteiger partial charge in [-0.1, -0.05) is 13.8 Å².